The van der Waals surface area contributed by atoms with E-state index in [2.05, 4.69) is 31.0 Å². The highest BCUT2D eigenvalue weighted by molar-refractivity contribution is 8.01. The van der Waals surface area contributed by atoms with Gasteiger partial charge in [-0.15, -0.1) is 29.7 Å². The molecule has 0 radical (unpaired) electrons. The molecule has 0 spiro atoms. The third kappa shape index (κ3) is 2.20. The first kappa shape index (κ1) is 7.89. The summed E-state index contributed by atoms with van der Waals surface area (Å²) >= 11 is 3.63. The molecule has 1 unspecified atom stereocenters. The Balaban J connectivity index is 2.47. The molecule has 1 heterocycles. The lowest BCUT2D eigenvalue weighted by Gasteiger charge is -2.00. The second kappa shape index (κ2) is 3.84. The van der Waals surface area contributed by atoms with Crippen molar-refractivity contribution in [1.82, 2.24) is 0 Å². The molecule has 0 nitrogen and oxygen atoms in total. The number of hydrogen-bond donors (Lipinski definition) is 0. The van der Waals surface area contributed by atoms with Gasteiger partial charge in [-0.3, -0.25) is 0 Å². The van der Waals surface area contributed by atoms with Crippen LogP contribution in [0.15, 0.2) is 34.4 Å². The van der Waals surface area contributed by atoms with Crippen molar-refractivity contribution in [2.45, 2.75) is 16.4 Å². The summed E-state index contributed by atoms with van der Waals surface area (Å²) in [7, 11) is 0. The summed E-state index contributed by atoms with van der Waals surface area (Å²) in [5, 5.41) is 2.62. The SMILES string of the molecule is C=CC(C)Sc1cccs1. The van der Waals surface area contributed by atoms with Crippen LogP contribution < -0.4 is 0 Å². The van der Waals surface area contributed by atoms with Crippen molar-refractivity contribution < 1.29 is 0 Å². The Morgan fingerprint density at radius 1 is 1.80 bits per heavy atom. The van der Waals surface area contributed by atoms with Crippen LogP contribution in [0.25, 0.3) is 0 Å². The van der Waals surface area contributed by atoms with Gasteiger partial charge in [0.05, 0.1) is 4.21 Å². The van der Waals surface area contributed by atoms with E-state index in [0.29, 0.717) is 5.25 Å². The summed E-state index contributed by atoms with van der Waals surface area (Å²) in [6.45, 7) is 5.88. The molecule has 54 valence electrons. The van der Waals surface area contributed by atoms with Crippen molar-refractivity contribution in [3.05, 3.63) is 30.2 Å². The molecular weight excluding hydrogens is 160 g/mol. The standard InChI is InChI=1S/C8H10S2/c1-3-7(2)10-8-5-4-6-9-8/h3-7H,1H2,2H3. The Morgan fingerprint density at radius 2 is 2.60 bits per heavy atom. The second-order valence-corrected chi connectivity index (χ2v) is 4.62. The minimum atomic E-state index is 0.527. The molecule has 1 rings (SSSR count). The Bertz CT molecular complexity index is 189. The molecule has 0 aliphatic rings. The van der Waals surface area contributed by atoms with Gasteiger partial charge in [0, 0.05) is 5.25 Å². The lowest BCUT2D eigenvalue weighted by molar-refractivity contribution is 1.25. The van der Waals surface area contributed by atoms with E-state index in [9.17, 15) is 0 Å². The van der Waals surface area contributed by atoms with E-state index in [-0.39, 0.29) is 0 Å². The second-order valence-electron chi connectivity index (χ2n) is 1.99. The molecular formula is C8H10S2. The van der Waals surface area contributed by atoms with E-state index < -0.39 is 0 Å². The maximum absolute atomic E-state index is 3.72. The third-order valence-corrected chi connectivity index (χ3v) is 3.30. The van der Waals surface area contributed by atoms with Crippen LogP contribution in [0.5, 0.6) is 0 Å². The highest BCUT2D eigenvalue weighted by Gasteiger charge is 1.98. The Labute approximate surface area is 70.0 Å². The summed E-state index contributed by atoms with van der Waals surface area (Å²) in [5.74, 6) is 0. The molecule has 1 aromatic rings. The molecule has 0 fully saturated rings. The van der Waals surface area contributed by atoms with Crippen molar-refractivity contribution in [3.63, 3.8) is 0 Å². The Hall–Kier alpha value is -0.210. The van der Waals surface area contributed by atoms with E-state index in [4.69, 9.17) is 0 Å². The highest BCUT2D eigenvalue weighted by Crippen LogP contribution is 2.27. The summed E-state index contributed by atoms with van der Waals surface area (Å²) in [5.41, 5.74) is 0. The van der Waals surface area contributed by atoms with Crippen LogP contribution in [-0.4, -0.2) is 5.25 Å². The first-order valence-corrected chi connectivity index (χ1v) is 4.91. The van der Waals surface area contributed by atoms with Crippen LogP contribution in [0.3, 0.4) is 0 Å². The lowest BCUT2D eigenvalue weighted by Crippen LogP contribution is -1.85. The van der Waals surface area contributed by atoms with Crippen molar-refractivity contribution in [2.75, 3.05) is 0 Å². The summed E-state index contributed by atoms with van der Waals surface area (Å²) < 4.78 is 1.37. The molecule has 0 amide bonds. The van der Waals surface area contributed by atoms with Gasteiger partial charge in [-0.1, -0.05) is 12.1 Å². The normalized spacial score (nSPS) is 12.9. The zero-order chi connectivity index (χ0) is 7.40. The molecule has 0 bridgehead atoms. The number of thioether (sulfide) groups is 1. The highest BCUT2D eigenvalue weighted by atomic mass is 32.2. The van der Waals surface area contributed by atoms with Gasteiger partial charge in [0.2, 0.25) is 0 Å². The summed E-state index contributed by atoms with van der Waals surface area (Å²) in [6.07, 6.45) is 1.96. The van der Waals surface area contributed by atoms with Crippen LogP contribution in [0.1, 0.15) is 6.92 Å². The van der Waals surface area contributed by atoms with Gasteiger partial charge in [-0.2, -0.15) is 0 Å². The van der Waals surface area contributed by atoms with E-state index in [1.54, 1.807) is 11.3 Å². The molecule has 0 aromatic carbocycles. The largest absolute Gasteiger partial charge is 0.137 e. The number of hydrogen-bond acceptors (Lipinski definition) is 2. The smallest absolute Gasteiger partial charge is 0.0604 e. The van der Waals surface area contributed by atoms with Crippen molar-refractivity contribution in [1.29, 1.82) is 0 Å². The maximum atomic E-state index is 3.72. The fraction of sp³-hybridized carbons (Fsp3) is 0.250. The monoisotopic (exact) mass is 170 g/mol. The first-order chi connectivity index (χ1) is 4.83. The van der Waals surface area contributed by atoms with Crippen molar-refractivity contribution >= 4 is 23.1 Å². The van der Waals surface area contributed by atoms with E-state index in [0.717, 1.165) is 0 Å². The zero-order valence-electron chi connectivity index (χ0n) is 5.91. The molecule has 0 saturated heterocycles. The fourth-order valence-electron chi connectivity index (χ4n) is 0.562. The third-order valence-electron chi connectivity index (χ3n) is 1.13. The van der Waals surface area contributed by atoms with Crippen LogP contribution in [-0.2, 0) is 0 Å². The van der Waals surface area contributed by atoms with Crippen LogP contribution >= 0.6 is 23.1 Å². The maximum Gasteiger partial charge on any atom is 0.0604 e. The van der Waals surface area contributed by atoms with Crippen molar-refractivity contribution in [2.24, 2.45) is 0 Å². The summed E-state index contributed by atoms with van der Waals surface area (Å²) in [4.78, 5) is 0. The summed E-state index contributed by atoms with van der Waals surface area (Å²) in [6, 6.07) is 4.21. The zero-order valence-corrected chi connectivity index (χ0v) is 7.54. The molecule has 0 aliphatic carbocycles. The number of rotatable bonds is 3. The van der Waals surface area contributed by atoms with Gasteiger partial charge < -0.3 is 0 Å². The lowest BCUT2D eigenvalue weighted by atomic mass is 10.5. The van der Waals surface area contributed by atoms with Crippen molar-refractivity contribution in [3.8, 4) is 0 Å². The molecule has 10 heavy (non-hydrogen) atoms. The molecule has 1 atom stereocenters. The van der Waals surface area contributed by atoms with E-state index in [1.165, 1.54) is 4.21 Å². The fourth-order valence-corrected chi connectivity index (χ4v) is 2.47. The molecule has 0 N–H and O–H groups in total. The molecule has 1 aromatic heterocycles. The average molecular weight is 170 g/mol. The molecule has 0 aliphatic heterocycles. The molecule has 0 saturated carbocycles. The van der Waals surface area contributed by atoms with Crippen LogP contribution in [0, 0.1) is 0 Å². The number of thiophene rings is 1. The van der Waals surface area contributed by atoms with Gasteiger partial charge in [-0.25, -0.2) is 0 Å². The van der Waals surface area contributed by atoms with E-state index in [1.807, 2.05) is 17.8 Å². The van der Waals surface area contributed by atoms with Gasteiger partial charge >= 0.3 is 0 Å². The van der Waals surface area contributed by atoms with Crippen LogP contribution in [0.2, 0.25) is 0 Å². The minimum absolute atomic E-state index is 0.527. The van der Waals surface area contributed by atoms with Gasteiger partial charge in [0.15, 0.2) is 0 Å². The topological polar surface area (TPSA) is 0 Å². The first-order valence-electron chi connectivity index (χ1n) is 3.15. The van der Waals surface area contributed by atoms with E-state index >= 15 is 0 Å². The average Bonchev–Trinajstić information content (AvgIpc) is 2.40. The predicted octanol–water partition coefficient (Wildman–Crippen LogP) is 3.41. The Kier molecular flexibility index (Phi) is 3.03. The van der Waals surface area contributed by atoms with Gasteiger partial charge in [-0.05, 0) is 18.4 Å². The van der Waals surface area contributed by atoms with Gasteiger partial charge in [0.25, 0.3) is 0 Å². The van der Waals surface area contributed by atoms with Crippen LogP contribution in [0.4, 0.5) is 0 Å². The molecule has 2 heteroatoms. The minimum Gasteiger partial charge on any atom is -0.137 e. The predicted molar refractivity (Wildman–Crippen MR) is 49.8 cm³/mol. The Morgan fingerprint density at radius 3 is 3.10 bits per heavy atom. The van der Waals surface area contributed by atoms with Gasteiger partial charge in [0.1, 0.15) is 0 Å². The quantitative estimate of drug-likeness (QED) is 0.495.